The van der Waals surface area contributed by atoms with Crippen LogP contribution in [0.1, 0.15) is 111 Å². The summed E-state index contributed by atoms with van der Waals surface area (Å²) in [7, 11) is 0. The standard InChI is InChI=1S/C23H42O4/c1-4-5-6-9-15-21(16-10-7-8-12-18(2)3)27-23(26)20-14-11-13-19(17-20)22(24)25/h18-21H,4-17H2,1-3H3,(H,24,25). The zero-order valence-corrected chi connectivity index (χ0v) is 17.9. The number of carbonyl (C=O) groups excluding carboxylic acids is 1. The molecule has 27 heavy (non-hydrogen) atoms. The monoisotopic (exact) mass is 382 g/mol. The van der Waals surface area contributed by atoms with Gasteiger partial charge >= 0.3 is 11.9 Å². The van der Waals surface area contributed by atoms with Crippen molar-refractivity contribution in [3.05, 3.63) is 0 Å². The average molecular weight is 383 g/mol. The molecule has 1 aliphatic rings. The quantitative estimate of drug-likeness (QED) is 0.280. The number of esters is 1. The van der Waals surface area contributed by atoms with Crippen molar-refractivity contribution in [1.29, 1.82) is 0 Å². The molecule has 0 saturated heterocycles. The van der Waals surface area contributed by atoms with Gasteiger partial charge in [0, 0.05) is 0 Å². The summed E-state index contributed by atoms with van der Waals surface area (Å²) in [5.74, 6) is -0.771. The van der Waals surface area contributed by atoms with Gasteiger partial charge in [-0.2, -0.15) is 0 Å². The van der Waals surface area contributed by atoms with E-state index in [1.54, 1.807) is 0 Å². The van der Waals surface area contributed by atoms with Crippen LogP contribution in [0.4, 0.5) is 0 Å². The van der Waals surface area contributed by atoms with Crippen molar-refractivity contribution in [2.45, 2.75) is 117 Å². The van der Waals surface area contributed by atoms with Crippen LogP contribution in [0.5, 0.6) is 0 Å². The molecular weight excluding hydrogens is 340 g/mol. The van der Waals surface area contributed by atoms with Gasteiger partial charge in [0.05, 0.1) is 11.8 Å². The minimum atomic E-state index is -0.770. The van der Waals surface area contributed by atoms with Crippen LogP contribution in [0, 0.1) is 17.8 Å². The molecule has 4 nitrogen and oxygen atoms in total. The Bertz CT molecular complexity index is 419. The minimum absolute atomic E-state index is 0.0126. The van der Waals surface area contributed by atoms with E-state index < -0.39 is 5.97 Å². The smallest absolute Gasteiger partial charge is 0.309 e. The number of carboxylic acid groups (broad SMARTS) is 1. The SMILES string of the molecule is CCCCCCC(CCCCCC(C)C)OC(=O)C1CCCC(C(=O)O)C1. The first-order valence-electron chi connectivity index (χ1n) is 11.4. The van der Waals surface area contributed by atoms with Crippen LogP contribution in [-0.4, -0.2) is 23.1 Å². The molecular formula is C23H42O4. The van der Waals surface area contributed by atoms with Crippen LogP contribution >= 0.6 is 0 Å². The molecule has 0 heterocycles. The molecule has 0 amide bonds. The predicted molar refractivity (Wildman–Crippen MR) is 110 cm³/mol. The van der Waals surface area contributed by atoms with Crippen LogP contribution in [0.3, 0.4) is 0 Å². The number of carboxylic acids is 1. The van der Waals surface area contributed by atoms with Crippen LogP contribution in [0.25, 0.3) is 0 Å². The molecule has 3 atom stereocenters. The van der Waals surface area contributed by atoms with Gasteiger partial charge in [-0.05, 0) is 50.9 Å². The van der Waals surface area contributed by atoms with Crippen LogP contribution in [-0.2, 0) is 14.3 Å². The maximum absolute atomic E-state index is 12.6. The molecule has 1 saturated carbocycles. The highest BCUT2D eigenvalue weighted by Crippen LogP contribution is 2.31. The van der Waals surface area contributed by atoms with Gasteiger partial charge < -0.3 is 9.84 Å². The van der Waals surface area contributed by atoms with Crippen molar-refractivity contribution in [2.24, 2.45) is 17.8 Å². The van der Waals surface area contributed by atoms with Crippen molar-refractivity contribution in [1.82, 2.24) is 0 Å². The minimum Gasteiger partial charge on any atom is -0.481 e. The second-order valence-corrected chi connectivity index (χ2v) is 8.84. The van der Waals surface area contributed by atoms with Crippen molar-refractivity contribution in [3.8, 4) is 0 Å². The Hall–Kier alpha value is -1.06. The molecule has 0 bridgehead atoms. The largest absolute Gasteiger partial charge is 0.481 e. The number of hydrogen-bond donors (Lipinski definition) is 1. The third-order valence-corrected chi connectivity index (χ3v) is 5.83. The molecule has 0 aromatic rings. The van der Waals surface area contributed by atoms with Crippen LogP contribution in [0.2, 0.25) is 0 Å². The highest BCUT2D eigenvalue weighted by atomic mass is 16.5. The van der Waals surface area contributed by atoms with E-state index in [2.05, 4.69) is 20.8 Å². The fraction of sp³-hybridized carbons (Fsp3) is 0.913. The summed E-state index contributed by atoms with van der Waals surface area (Å²) >= 11 is 0. The second kappa shape index (κ2) is 14.0. The highest BCUT2D eigenvalue weighted by Gasteiger charge is 2.32. The van der Waals surface area contributed by atoms with E-state index in [9.17, 15) is 14.7 Å². The summed E-state index contributed by atoms with van der Waals surface area (Å²) in [6.45, 7) is 6.72. The Balaban J connectivity index is 2.44. The fourth-order valence-corrected chi connectivity index (χ4v) is 4.05. The van der Waals surface area contributed by atoms with Gasteiger partial charge in [0.15, 0.2) is 0 Å². The normalized spacial score (nSPS) is 21.2. The highest BCUT2D eigenvalue weighted by molar-refractivity contribution is 5.75. The van der Waals surface area contributed by atoms with E-state index in [1.165, 1.54) is 38.5 Å². The fourth-order valence-electron chi connectivity index (χ4n) is 4.05. The molecule has 0 aliphatic heterocycles. The van der Waals surface area contributed by atoms with E-state index in [-0.39, 0.29) is 23.9 Å². The topological polar surface area (TPSA) is 63.6 Å². The van der Waals surface area contributed by atoms with Crippen molar-refractivity contribution < 1.29 is 19.4 Å². The number of rotatable bonds is 14. The summed E-state index contributed by atoms with van der Waals surface area (Å²) < 4.78 is 5.89. The first-order valence-corrected chi connectivity index (χ1v) is 11.4. The maximum atomic E-state index is 12.6. The Kier molecular flexibility index (Phi) is 12.4. The van der Waals surface area contributed by atoms with Gasteiger partial charge in [-0.3, -0.25) is 9.59 Å². The van der Waals surface area contributed by atoms with E-state index in [1.807, 2.05) is 0 Å². The lowest BCUT2D eigenvalue weighted by molar-refractivity contribution is -0.158. The molecule has 1 N–H and O–H groups in total. The molecule has 0 aromatic carbocycles. The molecule has 0 aromatic heterocycles. The third kappa shape index (κ3) is 10.8. The van der Waals surface area contributed by atoms with Crippen LogP contribution < -0.4 is 0 Å². The lowest BCUT2D eigenvalue weighted by atomic mass is 9.81. The Morgan fingerprint density at radius 3 is 2.11 bits per heavy atom. The van der Waals surface area contributed by atoms with E-state index in [0.29, 0.717) is 12.8 Å². The predicted octanol–water partition coefficient (Wildman–Crippen LogP) is 6.37. The number of aliphatic carboxylic acids is 1. The molecule has 1 fully saturated rings. The van der Waals surface area contributed by atoms with Gasteiger partial charge in [0.25, 0.3) is 0 Å². The molecule has 0 radical (unpaired) electrons. The lowest BCUT2D eigenvalue weighted by Gasteiger charge is -2.27. The molecule has 158 valence electrons. The summed E-state index contributed by atoms with van der Waals surface area (Å²) in [6, 6.07) is 0. The van der Waals surface area contributed by atoms with E-state index >= 15 is 0 Å². The third-order valence-electron chi connectivity index (χ3n) is 5.83. The molecule has 0 spiro atoms. The van der Waals surface area contributed by atoms with Crippen molar-refractivity contribution >= 4 is 11.9 Å². The Morgan fingerprint density at radius 1 is 0.926 bits per heavy atom. The number of unbranched alkanes of at least 4 members (excludes halogenated alkanes) is 5. The van der Waals surface area contributed by atoms with E-state index in [4.69, 9.17) is 4.74 Å². The molecule has 1 rings (SSSR count). The average Bonchev–Trinajstić information content (AvgIpc) is 2.64. The summed E-state index contributed by atoms with van der Waals surface area (Å²) in [5, 5.41) is 9.24. The summed E-state index contributed by atoms with van der Waals surface area (Å²) in [4.78, 5) is 23.9. The van der Waals surface area contributed by atoms with Gasteiger partial charge in [0.1, 0.15) is 6.10 Å². The van der Waals surface area contributed by atoms with Gasteiger partial charge in [-0.15, -0.1) is 0 Å². The lowest BCUT2D eigenvalue weighted by Crippen LogP contribution is -2.31. The zero-order valence-electron chi connectivity index (χ0n) is 17.9. The Labute approximate surface area is 166 Å². The van der Waals surface area contributed by atoms with Crippen molar-refractivity contribution in [3.63, 3.8) is 0 Å². The molecule has 4 heteroatoms. The number of hydrogen-bond acceptors (Lipinski definition) is 3. The van der Waals surface area contributed by atoms with E-state index in [0.717, 1.165) is 44.4 Å². The first-order chi connectivity index (χ1) is 12.9. The number of carbonyl (C=O) groups is 2. The van der Waals surface area contributed by atoms with Gasteiger partial charge in [-0.1, -0.05) is 65.7 Å². The second-order valence-electron chi connectivity index (χ2n) is 8.84. The first kappa shape index (κ1) is 24.0. The molecule has 1 aliphatic carbocycles. The summed E-state index contributed by atoms with van der Waals surface area (Å²) in [6.07, 6.45) is 14.2. The van der Waals surface area contributed by atoms with Crippen LogP contribution in [0.15, 0.2) is 0 Å². The molecule has 3 unspecified atom stereocenters. The maximum Gasteiger partial charge on any atom is 0.309 e. The van der Waals surface area contributed by atoms with Crippen molar-refractivity contribution in [2.75, 3.05) is 0 Å². The summed E-state index contributed by atoms with van der Waals surface area (Å²) in [5.41, 5.74) is 0. The zero-order chi connectivity index (χ0) is 20.1. The number of ether oxygens (including phenoxy) is 1. The van der Waals surface area contributed by atoms with Gasteiger partial charge in [0.2, 0.25) is 0 Å². The van der Waals surface area contributed by atoms with Gasteiger partial charge in [-0.25, -0.2) is 0 Å². The Morgan fingerprint density at radius 2 is 1.52 bits per heavy atom.